The van der Waals surface area contributed by atoms with Crippen LogP contribution in [0.1, 0.15) is 42.9 Å². The third-order valence-electron chi connectivity index (χ3n) is 4.07. The number of amides is 1. The summed E-state index contributed by atoms with van der Waals surface area (Å²) >= 11 is 6.28. The van der Waals surface area contributed by atoms with E-state index in [1.807, 2.05) is 12.1 Å². The highest BCUT2D eigenvalue weighted by Gasteiger charge is 2.23. The highest BCUT2D eigenvalue weighted by Crippen LogP contribution is 2.34. The number of hydrogen-bond acceptors (Lipinski definition) is 3. The van der Waals surface area contributed by atoms with E-state index in [1.165, 1.54) is 0 Å². The second-order valence-corrected chi connectivity index (χ2v) is 5.98. The number of halogens is 1. The molecule has 4 nitrogen and oxygen atoms in total. The average molecular weight is 295 g/mol. The van der Waals surface area contributed by atoms with Crippen molar-refractivity contribution < 1.29 is 9.53 Å². The molecule has 2 unspecified atom stereocenters. The van der Waals surface area contributed by atoms with Gasteiger partial charge >= 0.3 is 0 Å². The first kappa shape index (κ1) is 13.9. The third kappa shape index (κ3) is 2.82. The van der Waals surface area contributed by atoms with Gasteiger partial charge in [0.2, 0.25) is 5.91 Å². The van der Waals surface area contributed by atoms with Crippen LogP contribution in [0.5, 0.6) is 0 Å². The number of nitrogens with one attached hydrogen (secondary N) is 1. The Labute approximate surface area is 123 Å². The Morgan fingerprint density at radius 2 is 2.35 bits per heavy atom. The molecule has 1 saturated heterocycles. The van der Waals surface area contributed by atoms with E-state index in [-0.39, 0.29) is 11.9 Å². The van der Waals surface area contributed by atoms with Gasteiger partial charge in [0.05, 0.1) is 12.5 Å². The van der Waals surface area contributed by atoms with Crippen LogP contribution < -0.4 is 11.1 Å². The number of anilines is 1. The Balaban J connectivity index is 1.69. The first-order valence-corrected chi connectivity index (χ1v) is 7.50. The molecule has 2 aliphatic rings. The lowest BCUT2D eigenvalue weighted by molar-refractivity contribution is -0.115. The van der Waals surface area contributed by atoms with Crippen LogP contribution in [0.3, 0.4) is 0 Å². The second kappa shape index (κ2) is 5.72. The fourth-order valence-corrected chi connectivity index (χ4v) is 3.25. The van der Waals surface area contributed by atoms with Gasteiger partial charge in [-0.2, -0.15) is 0 Å². The number of benzene rings is 1. The summed E-state index contributed by atoms with van der Waals surface area (Å²) in [4.78, 5) is 11.4. The smallest absolute Gasteiger partial charge is 0.228 e. The van der Waals surface area contributed by atoms with Gasteiger partial charge in [-0.05, 0) is 42.9 Å². The predicted molar refractivity (Wildman–Crippen MR) is 78.9 cm³/mol. The van der Waals surface area contributed by atoms with Gasteiger partial charge in [-0.25, -0.2) is 0 Å². The van der Waals surface area contributed by atoms with Crippen LogP contribution in [-0.4, -0.2) is 18.6 Å². The van der Waals surface area contributed by atoms with E-state index >= 15 is 0 Å². The summed E-state index contributed by atoms with van der Waals surface area (Å²) in [7, 11) is 0. The Bertz CT molecular complexity index is 527. The van der Waals surface area contributed by atoms with E-state index in [9.17, 15) is 4.79 Å². The highest BCUT2D eigenvalue weighted by molar-refractivity contribution is 6.32. The van der Waals surface area contributed by atoms with Gasteiger partial charge in [0, 0.05) is 23.4 Å². The van der Waals surface area contributed by atoms with Gasteiger partial charge in [0.25, 0.3) is 0 Å². The zero-order chi connectivity index (χ0) is 14.1. The average Bonchev–Trinajstić information content (AvgIpc) is 3.03. The topological polar surface area (TPSA) is 64.3 Å². The normalized spacial score (nSPS) is 22.7. The molecule has 2 heterocycles. The molecule has 1 fully saturated rings. The molecule has 0 aromatic heterocycles. The minimum absolute atomic E-state index is 0.0149. The molecule has 0 spiro atoms. The number of fused-ring (bicyclic) bond motifs is 1. The Kier molecular flexibility index (Phi) is 3.96. The molecule has 0 bridgehead atoms. The largest absolute Gasteiger partial charge is 0.378 e. The Hall–Kier alpha value is -1.10. The number of hydrogen-bond donors (Lipinski definition) is 2. The Morgan fingerprint density at radius 3 is 3.10 bits per heavy atom. The van der Waals surface area contributed by atoms with E-state index < -0.39 is 0 Å². The van der Waals surface area contributed by atoms with Crippen molar-refractivity contribution in [3.05, 3.63) is 28.3 Å². The van der Waals surface area contributed by atoms with Crippen molar-refractivity contribution in [1.29, 1.82) is 0 Å². The van der Waals surface area contributed by atoms with E-state index in [2.05, 4.69) is 5.32 Å². The maximum absolute atomic E-state index is 11.4. The van der Waals surface area contributed by atoms with Gasteiger partial charge in [0.15, 0.2) is 0 Å². The SMILES string of the molecule is NC(CCC1CCCO1)c1cc2c(cc1Cl)NC(=O)C2. The number of ether oxygens (including phenoxy) is 1. The monoisotopic (exact) mass is 294 g/mol. The third-order valence-corrected chi connectivity index (χ3v) is 4.40. The molecule has 108 valence electrons. The molecular formula is C15H19ClN2O2. The first-order chi connectivity index (χ1) is 9.63. The number of carbonyl (C=O) groups excluding carboxylic acids is 1. The number of carbonyl (C=O) groups is 1. The standard InChI is InChI=1S/C15H19ClN2O2/c16-12-8-14-9(7-15(19)18-14)6-11(12)13(17)4-3-10-2-1-5-20-10/h6,8,10,13H,1-5,7,17H2,(H,18,19). The summed E-state index contributed by atoms with van der Waals surface area (Å²) in [6.07, 6.45) is 4.85. The predicted octanol–water partition coefficient (Wildman–Crippen LogP) is 2.79. The molecule has 20 heavy (non-hydrogen) atoms. The highest BCUT2D eigenvalue weighted by atomic mass is 35.5. The fraction of sp³-hybridized carbons (Fsp3) is 0.533. The summed E-state index contributed by atoms with van der Waals surface area (Å²) in [6, 6.07) is 3.67. The lowest BCUT2D eigenvalue weighted by Crippen LogP contribution is -2.15. The van der Waals surface area contributed by atoms with E-state index in [4.69, 9.17) is 22.1 Å². The van der Waals surface area contributed by atoms with E-state index in [1.54, 1.807) is 0 Å². The second-order valence-electron chi connectivity index (χ2n) is 5.57. The van der Waals surface area contributed by atoms with E-state index in [0.29, 0.717) is 17.5 Å². The van der Waals surface area contributed by atoms with Crippen molar-refractivity contribution in [1.82, 2.24) is 0 Å². The maximum atomic E-state index is 11.4. The van der Waals surface area contributed by atoms with Crippen LogP contribution in [0.15, 0.2) is 12.1 Å². The van der Waals surface area contributed by atoms with Crippen LogP contribution in [-0.2, 0) is 16.0 Å². The molecule has 0 aliphatic carbocycles. The van der Waals surface area contributed by atoms with Crippen LogP contribution in [0, 0.1) is 0 Å². The van der Waals surface area contributed by atoms with Crippen molar-refractivity contribution in [2.24, 2.45) is 5.73 Å². The van der Waals surface area contributed by atoms with Crippen LogP contribution in [0.25, 0.3) is 0 Å². The summed E-state index contributed by atoms with van der Waals surface area (Å²) < 4.78 is 5.61. The van der Waals surface area contributed by atoms with Gasteiger partial charge in [0.1, 0.15) is 0 Å². The molecule has 5 heteroatoms. The van der Waals surface area contributed by atoms with Crippen molar-refractivity contribution in [2.75, 3.05) is 11.9 Å². The quantitative estimate of drug-likeness (QED) is 0.897. The lowest BCUT2D eigenvalue weighted by Gasteiger charge is -2.17. The van der Waals surface area contributed by atoms with Crippen LogP contribution in [0.4, 0.5) is 5.69 Å². The van der Waals surface area contributed by atoms with Crippen molar-refractivity contribution in [3.63, 3.8) is 0 Å². The molecule has 0 radical (unpaired) electrons. The van der Waals surface area contributed by atoms with Gasteiger partial charge < -0.3 is 15.8 Å². The molecule has 3 rings (SSSR count). The zero-order valence-electron chi connectivity index (χ0n) is 11.3. The first-order valence-electron chi connectivity index (χ1n) is 7.13. The minimum Gasteiger partial charge on any atom is -0.378 e. The summed E-state index contributed by atoms with van der Waals surface area (Å²) in [5.74, 6) is 0.0149. The lowest BCUT2D eigenvalue weighted by atomic mass is 9.97. The number of nitrogens with two attached hydrogens (primary N) is 1. The molecule has 2 aliphatic heterocycles. The van der Waals surface area contributed by atoms with Gasteiger partial charge in [-0.1, -0.05) is 17.7 Å². The fourth-order valence-electron chi connectivity index (χ4n) is 2.94. The summed E-state index contributed by atoms with van der Waals surface area (Å²) in [5, 5.41) is 3.43. The van der Waals surface area contributed by atoms with Gasteiger partial charge in [-0.3, -0.25) is 4.79 Å². The van der Waals surface area contributed by atoms with Gasteiger partial charge in [-0.15, -0.1) is 0 Å². The molecule has 0 saturated carbocycles. The van der Waals surface area contributed by atoms with Crippen LogP contribution >= 0.6 is 11.6 Å². The van der Waals surface area contributed by atoms with Crippen molar-refractivity contribution >= 4 is 23.2 Å². The number of rotatable bonds is 4. The molecule has 1 aromatic carbocycles. The molecular weight excluding hydrogens is 276 g/mol. The molecule has 3 N–H and O–H groups in total. The summed E-state index contributed by atoms with van der Waals surface area (Å²) in [6.45, 7) is 0.868. The van der Waals surface area contributed by atoms with Crippen molar-refractivity contribution in [2.45, 2.75) is 44.2 Å². The zero-order valence-corrected chi connectivity index (χ0v) is 12.1. The van der Waals surface area contributed by atoms with E-state index in [0.717, 1.165) is 49.1 Å². The molecule has 2 atom stereocenters. The minimum atomic E-state index is -0.104. The molecule has 1 amide bonds. The van der Waals surface area contributed by atoms with Crippen LogP contribution in [0.2, 0.25) is 5.02 Å². The summed E-state index contributed by atoms with van der Waals surface area (Å²) in [5.41, 5.74) is 8.99. The molecule has 1 aromatic rings. The Morgan fingerprint density at radius 1 is 1.50 bits per heavy atom. The van der Waals surface area contributed by atoms with Crippen molar-refractivity contribution in [3.8, 4) is 0 Å². The maximum Gasteiger partial charge on any atom is 0.228 e.